The van der Waals surface area contributed by atoms with Gasteiger partial charge in [-0.05, 0) is 33.3 Å². The summed E-state index contributed by atoms with van der Waals surface area (Å²) in [7, 11) is 0. The van der Waals surface area contributed by atoms with E-state index in [1.165, 1.54) is 23.5 Å². The lowest BCUT2D eigenvalue weighted by Crippen LogP contribution is -2.55. The molecule has 1 fully saturated rings. The normalized spacial score (nSPS) is 13.6. The molecular formula is C30H40N4O6S. The molecule has 0 aliphatic carbocycles. The lowest BCUT2D eigenvalue weighted by Gasteiger charge is -2.35. The fraction of sp³-hybridized carbons (Fsp3) is 0.433. The Morgan fingerprint density at radius 3 is 2.32 bits per heavy atom. The fourth-order valence-electron chi connectivity index (χ4n) is 3.75. The van der Waals surface area contributed by atoms with E-state index in [4.69, 9.17) is 9.47 Å². The van der Waals surface area contributed by atoms with E-state index in [1.807, 2.05) is 44.2 Å². The lowest BCUT2D eigenvalue weighted by molar-refractivity contribution is -0.137. The number of nitrogens with zero attached hydrogens (tertiary/aromatic N) is 3. The number of allylic oxidation sites excluding steroid dienone is 1. The van der Waals surface area contributed by atoms with Gasteiger partial charge in [-0.1, -0.05) is 49.8 Å². The molecule has 1 aromatic heterocycles. The molecule has 0 saturated carbocycles. The molecule has 1 aliphatic rings. The third-order valence-corrected chi connectivity index (χ3v) is 6.91. The van der Waals surface area contributed by atoms with Crippen molar-refractivity contribution in [1.29, 1.82) is 0 Å². The molecule has 11 heteroatoms. The number of ether oxygens (including phenoxy) is 2. The predicted molar refractivity (Wildman–Crippen MR) is 160 cm³/mol. The van der Waals surface area contributed by atoms with E-state index in [0.717, 1.165) is 18.4 Å². The van der Waals surface area contributed by atoms with Gasteiger partial charge in [-0.2, -0.15) is 0 Å². The Kier molecular flexibility index (Phi) is 14.3. The maximum absolute atomic E-state index is 13.2. The number of aromatic nitrogens is 1. The molecular weight excluding hydrogens is 544 g/mol. The van der Waals surface area contributed by atoms with Crippen LogP contribution in [-0.4, -0.2) is 84.1 Å². The molecule has 222 valence electrons. The van der Waals surface area contributed by atoms with Crippen LogP contribution >= 0.6 is 11.3 Å². The number of thiazole rings is 1. The highest BCUT2D eigenvalue weighted by atomic mass is 32.1. The molecule has 1 aliphatic heterocycles. The van der Waals surface area contributed by atoms with Gasteiger partial charge in [-0.3, -0.25) is 9.59 Å². The molecule has 1 saturated heterocycles. The maximum Gasteiger partial charge on any atom is 0.409 e. The van der Waals surface area contributed by atoms with Gasteiger partial charge in [-0.15, -0.1) is 17.9 Å². The number of hydrogen-bond donors (Lipinski definition) is 1. The minimum absolute atomic E-state index is 0.119. The molecule has 0 spiro atoms. The van der Waals surface area contributed by atoms with E-state index in [9.17, 15) is 19.2 Å². The van der Waals surface area contributed by atoms with Gasteiger partial charge in [-0.25, -0.2) is 14.6 Å². The lowest BCUT2D eigenvalue weighted by atomic mass is 10.2. The van der Waals surface area contributed by atoms with Crippen LogP contribution in [-0.2, 0) is 19.1 Å². The number of carbonyl (C=O) groups is 4. The summed E-state index contributed by atoms with van der Waals surface area (Å²) in [5, 5.41) is 3.35. The van der Waals surface area contributed by atoms with Gasteiger partial charge in [0, 0.05) is 37.8 Å². The minimum atomic E-state index is -0.811. The molecule has 0 unspecified atom stereocenters. The average Bonchev–Trinajstić information content (AvgIpc) is 3.41. The van der Waals surface area contributed by atoms with Crippen LogP contribution in [0.4, 0.5) is 4.79 Å². The Morgan fingerprint density at radius 1 is 1.07 bits per heavy atom. The van der Waals surface area contributed by atoms with Gasteiger partial charge in [0.1, 0.15) is 16.7 Å². The molecule has 2 heterocycles. The minimum Gasteiger partial charge on any atom is -0.463 e. The summed E-state index contributed by atoms with van der Waals surface area (Å²) >= 11 is 1.26. The number of hydrogen-bond acceptors (Lipinski definition) is 8. The average molecular weight is 585 g/mol. The third kappa shape index (κ3) is 10.5. The Balaban J connectivity index is 0.00000187. The topological polar surface area (TPSA) is 118 Å². The standard InChI is InChI=1S/C27H34N4O6S.C3H6/c1-4-6-18-37-27(35)31-16-14-30(15-17-31)26(34)19(3)28-24(33)23-21(12-13-22(32)36-5-2)38-25(29-23)20-10-8-7-9-11-20;1-3-2/h7-13,19H,4-6,14-18H2,1-3H3,(H,28,33);3H,1H2,2H3/b13-12+;/t19-;/m0./s1. The number of esters is 1. The van der Waals surface area contributed by atoms with Crippen molar-refractivity contribution in [3.63, 3.8) is 0 Å². The smallest absolute Gasteiger partial charge is 0.409 e. The molecule has 1 aromatic carbocycles. The zero-order chi connectivity index (χ0) is 30.2. The monoisotopic (exact) mass is 584 g/mol. The number of carbonyl (C=O) groups excluding carboxylic acids is 4. The van der Waals surface area contributed by atoms with Crippen LogP contribution in [0.5, 0.6) is 0 Å². The SMILES string of the molecule is C=CC.CCCCOC(=O)N1CCN(C(=O)[C@H](C)NC(=O)c2nc(-c3ccccc3)sc2/C=C/C(=O)OCC)CC1. The summed E-state index contributed by atoms with van der Waals surface area (Å²) in [5.41, 5.74) is 0.950. The summed E-state index contributed by atoms with van der Waals surface area (Å²) in [6.45, 7) is 12.7. The quantitative estimate of drug-likeness (QED) is 0.185. The zero-order valence-electron chi connectivity index (χ0n) is 24.3. The number of piperazine rings is 1. The van der Waals surface area contributed by atoms with Crippen LogP contribution in [0.3, 0.4) is 0 Å². The Hall–Kier alpha value is -3.99. The predicted octanol–water partition coefficient (Wildman–Crippen LogP) is 4.78. The molecule has 2 aromatic rings. The van der Waals surface area contributed by atoms with Crippen LogP contribution in [0.15, 0.2) is 49.1 Å². The van der Waals surface area contributed by atoms with Crippen molar-refractivity contribution in [2.75, 3.05) is 39.4 Å². The fourth-order valence-corrected chi connectivity index (χ4v) is 4.72. The molecule has 3 amide bonds. The first-order valence-electron chi connectivity index (χ1n) is 13.7. The second kappa shape index (κ2) is 17.6. The summed E-state index contributed by atoms with van der Waals surface area (Å²) in [6.07, 6.45) is 5.89. The number of amides is 3. The Morgan fingerprint density at radius 2 is 1.71 bits per heavy atom. The van der Waals surface area contributed by atoms with Crippen LogP contribution in [0.2, 0.25) is 0 Å². The molecule has 10 nitrogen and oxygen atoms in total. The van der Waals surface area contributed by atoms with Gasteiger partial charge in [0.05, 0.1) is 18.1 Å². The number of benzene rings is 1. The van der Waals surface area contributed by atoms with Gasteiger partial charge >= 0.3 is 12.1 Å². The zero-order valence-corrected chi connectivity index (χ0v) is 25.1. The van der Waals surface area contributed by atoms with E-state index in [-0.39, 0.29) is 24.3 Å². The van der Waals surface area contributed by atoms with E-state index in [2.05, 4.69) is 16.9 Å². The first-order valence-corrected chi connectivity index (χ1v) is 14.6. The maximum atomic E-state index is 13.2. The first kappa shape index (κ1) is 33.2. The summed E-state index contributed by atoms with van der Waals surface area (Å²) in [4.78, 5) is 58.4. The van der Waals surface area contributed by atoms with Gasteiger partial charge in [0.2, 0.25) is 5.91 Å². The van der Waals surface area contributed by atoms with E-state index >= 15 is 0 Å². The highest BCUT2D eigenvalue weighted by Crippen LogP contribution is 2.29. The van der Waals surface area contributed by atoms with Crippen molar-refractivity contribution in [3.8, 4) is 10.6 Å². The van der Waals surface area contributed by atoms with Gasteiger partial charge in [0.15, 0.2) is 0 Å². The Bertz CT molecular complexity index is 1190. The summed E-state index contributed by atoms with van der Waals surface area (Å²) < 4.78 is 10.2. The van der Waals surface area contributed by atoms with Crippen molar-refractivity contribution in [1.82, 2.24) is 20.1 Å². The van der Waals surface area contributed by atoms with Crippen molar-refractivity contribution in [2.24, 2.45) is 0 Å². The number of rotatable bonds is 10. The molecule has 3 rings (SSSR count). The number of nitrogens with one attached hydrogen (secondary N) is 1. The first-order chi connectivity index (χ1) is 19.7. The molecule has 0 bridgehead atoms. The largest absolute Gasteiger partial charge is 0.463 e. The molecule has 0 radical (unpaired) electrons. The molecule has 41 heavy (non-hydrogen) atoms. The van der Waals surface area contributed by atoms with Crippen molar-refractivity contribution < 1.29 is 28.7 Å². The summed E-state index contributed by atoms with van der Waals surface area (Å²) in [5.74, 6) is -1.30. The van der Waals surface area contributed by atoms with E-state index in [0.29, 0.717) is 42.7 Å². The van der Waals surface area contributed by atoms with Gasteiger partial charge < -0.3 is 24.6 Å². The Labute approximate surface area is 246 Å². The summed E-state index contributed by atoms with van der Waals surface area (Å²) in [6, 6.07) is 8.57. The molecule has 1 N–H and O–H groups in total. The van der Waals surface area contributed by atoms with Crippen LogP contribution < -0.4 is 5.32 Å². The van der Waals surface area contributed by atoms with Crippen LogP contribution in [0.1, 0.15) is 55.9 Å². The second-order valence-corrected chi connectivity index (χ2v) is 10.1. The van der Waals surface area contributed by atoms with Gasteiger partial charge in [0.25, 0.3) is 5.91 Å². The number of unbranched alkanes of at least 4 members (excludes halogenated alkanes) is 1. The van der Waals surface area contributed by atoms with Crippen molar-refractivity contribution in [3.05, 3.63) is 59.6 Å². The highest BCUT2D eigenvalue weighted by Gasteiger charge is 2.29. The molecule has 1 atom stereocenters. The van der Waals surface area contributed by atoms with Crippen molar-refractivity contribution in [2.45, 2.75) is 46.6 Å². The van der Waals surface area contributed by atoms with Crippen LogP contribution in [0, 0.1) is 0 Å². The van der Waals surface area contributed by atoms with Crippen molar-refractivity contribution >= 4 is 41.3 Å². The second-order valence-electron chi connectivity index (χ2n) is 9.07. The van der Waals surface area contributed by atoms with Crippen LogP contribution in [0.25, 0.3) is 16.6 Å². The van der Waals surface area contributed by atoms with E-state index < -0.39 is 17.9 Å². The highest BCUT2D eigenvalue weighted by molar-refractivity contribution is 7.16. The van der Waals surface area contributed by atoms with E-state index in [1.54, 1.807) is 29.7 Å². The third-order valence-electron chi connectivity index (χ3n) is 5.84.